The number of fused-ring (bicyclic) bond motifs is 1. The highest BCUT2D eigenvalue weighted by Crippen LogP contribution is 2.14. The molecular weight excluding hydrogens is 148 g/mol. The lowest BCUT2D eigenvalue weighted by Crippen LogP contribution is -1.87. The van der Waals surface area contributed by atoms with Crippen molar-refractivity contribution < 1.29 is 0 Å². The molecule has 0 atom stereocenters. The first-order valence-electron chi connectivity index (χ1n) is 3.95. The molecule has 2 nitrogen and oxygen atoms in total. The number of benzene rings is 1. The zero-order chi connectivity index (χ0) is 8.55. The zero-order valence-corrected chi connectivity index (χ0v) is 7.20. The second-order valence-electron chi connectivity index (χ2n) is 2.98. The Hall–Kier alpha value is -1.44. The van der Waals surface area contributed by atoms with Crippen LogP contribution in [0.3, 0.4) is 0 Å². The van der Waals surface area contributed by atoms with Gasteiger partial charge in [0.25, 0.3) is 0 Å². The maximum atomic E-state index is 4.19. The largest absolute Gasteiger partial charge is 0.241 e. The zero-order valence-electron chi connectivity index (χ0n) is 7.20. The Labute approximate surface area is 71.3 Å². The molecular formula is C10H10N2. The van der Waals surface area contributed by atoms with Crippen LogP contribution in [-0.2, 0) is 0 Å². The average molecular weight is 158 g/mol. The Balaban J connectivity index is 2.86. The number of aromatic nitrogens is 2. The maximum absolute atomic E-state index is 4.19. The van der Waals surface area contributed by atoms with Crippen LogP contribution in [0.25, 0.3) is 10.9 Å². The van der Waals surface area contributed by atoms with Crippen LogP contribution in [0.2, 0.25) is 0 Å². The third-order valence-corrected chi connectivity index (χ3v) is 1.99. The van der Waals surface area contributed by atoms with Gasteiger partial charge >= 0.3 is 0 Å². The molecule has 0 unspecified atom stereocenters. The van der Waals surface area contributed by atoms with Gasteiger partial charge in [0, 0.05) is 11.1 Å². The Kier molecular flexibility index (Phi) is 1.54. The van der Waals surface area contributed by atoms with Gasteiger partial charge in [-0.1, -0.05) is 12.1 Å². The van der Waals surface area contributed by atoms with E-state index in [4.69, 9.17) is 0 Å². The molecule has 12 heavy (non-hydrogen) atoms. The molecule has 60 valence electrons. The van der Waals surface area contributed by atoms with Gasteiger partial charge in [-0.05, 0) is 25.5 Å². The van der Waals surface area contributed by atoms with Crippen LogP contribution in [0.15, 0.2) is 24.5 Å². The van der Waals surface area contributed by atoms with E-state index in [1.54, 1.807) is 6.33 Å². The summed E-state index contributed by atoms with van der Waals surface area (Å²) in [4.78, 5) is 8.32. The molecule has 1 aromatic carbocycles. The second kappa shape index (κ2) is 2.55. The van der Waals surface area contributed by atoms with E-state index in [0.717, 1.165) is 16.6 Å². The van der Waals surface area contributed by atoms with Crippen LogP contribution in [0.4, 0.5) is 0 Å². The van der Waals surface area contributed by atoms with E-state index in [1.165, 1.54) is 5.56 Å². The van der Waals surface area contributed by atoms with Gasteiger partial charge in [0.1, 0.15) is 6.33 Å². The summed E-state index contributed by atoms with van der Waals surface area (Å²) >= 11 is 0. The third-order valence-electron chi connectivity index (χ3n) is 1.99. The molecule has 0 saturated carbocycles. The lowest BCUT2D eigenvalue weighted by Gasteiger charge is -1.99. The average Bonchev–Trinajstić information content (AvgIpc) is 2.04. The summed E-state index contributed by atoms with van der Waals surface area (Å²) in [5, 5.41) is 1.14. The Morgan fingerprint density at radius 2 is 1.92 bits per heavy atom. The van der Waals surface area contributed by atoms with Crippen molar-refractivity contribution in [3.05, 3.63) is 35.8 Å². The third kappa shape index (κ3) is 1.05. The summed E-state index contributed by atoms with van der Waals surface area (Å²) < 4.78 is 0. The van der Waals surface area contributed by atoms with Gasteiger partial charge in [0.05, 0.1) is 5.52 Å². The minimum Gasteiger partial charge on any atom is -0.241 e. The lowest BCUT2D eigenvalue weighted by atomic mass is 10.1. The molecule has 0 bridgehead atoms. The van der Waals surface area contributed by atoms with Gasteiger partial charge in [-0.3, -0.25) is 0 Å². The minimum absolute atomic E-state index is 1.03. The maximum Gasteiger partial charge on any atom is 0.116 e. The molecule has 2 rings (SSSR count). The summed E-state index contributed by atoms with van der Waals surface area (Å²) in [5.41, 5.74) is 3.31. The lowest BCUT2D eigenvalue weighted by molar-refractivity contribution is 1.15. The van der Waals surface area contributed by atoms with Gasteiger partial charge in [-0.15, -0.1) is 0 Å². The van der Waals surface area contributed by atoms with Gasteiger partial charge in [0.15, 0.2) is 0 Å². The molecule has 0 radical (unpaired) electrons. The van der Waals surface area contributed by atoms with Gasteiger partial charge in [-0.2, -0.15) is 0 Å². The van der Waals surface area contributed by atoms with E-state index in [0.29, 0.717) is 0 Å². The second-order valence-corrected chi connectivity index (χ2v) is 2.98. The molecule has 1 heterocycles. The van der Waals surface area contributed by atoms with Crippen LogP contribution in [0, 0.1) is 13.8 Å². The molecule has 0 fully saturated rings. The molecule has 0 aliphatic rings. The molecule has 0 aliphatic carbocycles. The van der Waals surface area contributed by atoms with Crippen molar-refractivity contribution in [2.75, 3.05) is 0 Å². The van der Waals surface area contributed by atoms with Crippen LogP contribution in [0.5, 0.6) is 0 Å². The van der Waals surface area contributed by atoms with Crippen LogP contribution in [0.1, 0.15) is 11.3 Å². The first-order valence-corrected chi connectivity index (χ1v) is 3.95. The SMILES string of the molecule is Cc1ccc2c(C)ncnc2c1. The minimum atomic E-state index is 1.03. The van der Waals surface area contributed by atoms with Crippen molar-refractivity contribution in [3.63, 3.8) is 0 Å². The highest BCUT2D eigenvalue weighted by molar-refractivity contribution is 5.80. The Morgan fingerprint density at radius 1 is 1.08 bits per heavy atom. The van der Waals surface area contributed by atoms with E-state index >= 15 is 0 Å². The predicted molar refractivity (Wildman–Crippen MR) is 49.0 cm³/mol. The summed E-state index contributed by atoms with van der Waals surface area (Å²) in [6, 6.07) is 6.22. The van der Waals surface area contributed by atoms with Crippen molar-refractivity contribution in [2.24, 2.45) is 0 Å². The van der Waals surface area contributed by atoms with Crippen LogP contribution < -0.4 is 0 Å². The number of hydrogen-bond donors (Lipinski definition) is 0. The fourth-order valence-corrected chi connectivity index (χ4v) is 1.30. The highest BCUT2D eigenvalue weighted by atomic mass is 14.8. The number of nitrogens with zero attached hydrogens (tertiary/aromatic N) is 2. The van der Waals surface area contributed by atoms with E-state index in [1.807, 2.05) is 6.92 Å². The van der Waals surface area contributed by atoms with E-state index in [9.17, 15) is 0 Å². The first-order chi connectivity index (χ1) is 5.77. The van der Waals surface area contributed by atoms with Crippen molar-refractivity contribution in [1.29, 1.82) is 0 Å². The molecule has 1 aromatic heterocycles. The topological polar surface area (TPSA) is 25.8 Å². The normalized spacial score (nSPS) is 10.5. The van der Waals surface area contributed by atoms with Crippen molar-refractivity contribution in [2.45, 2.75) is 13.8 Å². The fourth-order valence-electron chi connectivity index (χ4n) is 1.30. The van der Waals surface area contributed by atoms with Gasteiger partial charge < -0.3 is 0 Å². The number of rotatable bonds is 0. The quantitative estimate of drug-likeness (QED) is 0.587. The molecule has 2 heteroatoms. The van der Waals surface area contributed by atoms with E-state index in [2.05, 4.69) is 35.1 Å². The number of aryl methyl sites for hydroxylation is 2. The van der Waals surface area contributed by atoms with Gasteiger partial charge in [0.2, 0.25) is 0 Å². The van der Waals surface area contributed by atoms with E-state index < -0.39 is 0 Å². The smallest absolute Gasteiger partial charge is 0.116 e. The Morgan fingerprint density at radius 3 is 2.75 bits per heavy atom. The summed E-state index contributed by atoms with van der Waals surface area (Å²) in [5.74, 6) is 0. The molecule has 2 aromatic rings. The van der Waals surface area contributed by atoms with Crippen molar-refractivity contribution in [3.8, 4) is 0 Å². The molecule has 0 saturated heterocycles. The molecule has 0 aliphatic heterocycles. The standard InChI is InChI=1S/C10H10N2/c1-7-3-4-9-8(2)11-6-12-10(9)5-7/h3-6H,1-2H3. The summed E-state index contributed by atoms with van der Waals surface area (Å²) in [7, 11) is 0. The Bertz CT molecular complexity index is 421. The fraction of sp³-hybridized carbons (Fsp3) is 0.200. The molecule has 0 amide bonds. The van der Waals surface area contributed by atoms with Crippen molar-refractivity contribution in [1.82, 2.24) is 9.97 Å². The van der Waals surface area contributed by atoms with Crippen LogP contribution >= 0.6 is 0 Å². The summed E-state index contributed by atoms with van der Waals surface area (Å²) in [6.45, 7) is 4.07. The van der Waals surface area contributed by atoms with E-state index in [-0.39, 0.29) is 0 Å². The summed E-state index contributed by atoms with van der Waals surface area (Å²) in [6.07, 6.45) is 1.61. The molecule has 0 N–H and O–H groups in total. The first kappa shape index (κ1) is 7.22. The predicted octanol–water partition coefficient (Wildman–Crippen LogP) is 2.25. The van der Waals surface area contributed by atoms with Gasteiger partial charge in [-0.25, -0.2) is 9.97 Å². The van der Waals surface area contributed by atoms with Crippen molar-refractivity contribution >= 4 is 10.9 Å². The van der Waals surface area contributed by atoms with Crippen LogP contribution in [-0.4, -0.2) is 9.97 Å². The monoisotopic (exact) mass is 158 g/mol. The molecule has 0 spiro atoms. The highest BCUT2D eigenvalue weighted by Gasteiger charge is 1.97. The number of hydrogen-bond acceptors (Lipinski definition) is 2.